The van der Waals surface area contributed by atoms with Crippen molar-refractivity contribution in [2.45, 2.75) is 45.1 Å². The summed E-state index contributed by atoms with van der Waals surface area (Å²) in [5.74, 6) is 2.27. The highest BCUT2D eigenvalue weighted by atomic mass is 16.5. The van der Waals surface area contributed by atoms with Crippen molar-refractivity contribution >= 4 is 10.9 Å². The Hall–Kier alpha value is -1.65. The number of aliphatic hydroxyl groups excluding tert-OH is 1. The highest BCUT2D eigenvalue weighted by Gasteiger charge is 2.25. The minimum absolute atomic E-state index is 0.449. The zero-order valence-corrected chi connectivity index (χ0v) is 15.4. The van der Waals surface area contributed by atoms with Crippen LogP contribution < -0.4 is 10.1 Å². The predicted molar refractivity (Wildman–Crippen MR) is 102 cm³/mol. The number of nitrogens with zero attached hydrogens (tertiary/aromatic N) is 1. The molecule has 3 rings (SSSR count). The summed E-state index contributed by atoms with van der Waals surface area (Å²) in [6.45, 7) is 4.50. The first-order chi connectivity index (χ1) is 12.2. The van der Waals surface area contributed by atoms with Crippen LogP contribution in [-0.2, 0) is 0 Å². The largest absolute Gasteiger partial charge is 0.497 e. The molecule has 2 heterocycles. The smallest absolute Gasteiger partial charge is 0.119 e. The number of benzene rings is 1. The Labute approximate surface area is 150 Å². The van der Waals surface area contributed by atoms with Gasteiger partial charge in [0.25, 0.3) is 0 Å². The van der Waals surface area contributed by atoms with Gasteiger partial charge in [0.05, 0.1) is 18.7 Å². The highest BCUT2D eigenvalue weighted by Crippen LogP contribution is 2.33. The molecule has 2 N–H and O–H groups in total. The van der Waals surface area contributed by atoms with Crippen molar-refractivity contribution in [1.29, 1.82) is 0 Å². The molecule has 0 spiro atoms. The van der Waals surface area contributed by atoms with Crippen LogP contribution in [0.15, 0.2) is 30.5 Å². The molecule has 1 aliphatic rings. The molecule has 136 valence electrons. The number of aromatic nitrogens is 1. The number of methoxy groups -OCH3 is 1. The third kappa shape index (κ3) is 4.31. The number of piperidine rings is 1. The lowest BCUT2D eigenvalue weighted by atomic mass is 9.80. The number of hydrogen-bond acceptors (Lipinski definition) is 4. The van der Waals surface area contributed by atoms with Gasteiger partial charge in [-0.3, -0.25) is 4.98 Å². The fraction of sp³-hybridized carbons (Fsp3) is 0.571. The molecule has 1 aromatic heterocycles. The van der Waals surface area contributed by atoms with Crippen LogP contribution in [0, 0.1) is 11.8 Å². The summed E-state index contributed by atoms with van der Waals surface area (Å²) in [4.78, 5) is 4.41. The molecule has 0 aliphatic carbocycles. The summed E-state index contributed by atoms with van der Waals surface area (Å²) in [6, 6.07) is 7.79. The lowest BCUT2D eigenvalue weighted by Crippen LogP contribution is -2.36. The Balaban J connectivity index is 1.72. The van der Waals surface area contributed by atoms with Crippen LogP contribution >= 0.6 is 0 Å². The maximum absolute atomic E-state index is 10.8. The molecule has 25 heavy (non-hydrogen) atoms. The molecule has 1 aliphatic heterocycles. The molecule has 3 atom stereocenters. The zero-order valence-electron chi connectivity index (χ0n) is 15.4. The normalized spacial score (nSPS) is 22.0. The average molecular weight is 342 g/mol. The summed E-state index contributed by atoms with van der Waals surface area (Å²) in [5.41, 5.74) is 1.87. The van der Waals surface area contributed by atoms with E-state index in [1.165, 1.54) is 19.3 Å². The topological polar surface area (TPSA) is 54.4 Å². The summed E-state index contributed by atoms with van der Waals surface area (Å²) < 4.78 is 5.34. The number of pyridine rings is 1. The van der Waals surface area contributed by atoms with E-state index in [9.17, 15) is 5.11 Å². The minimum Gasteiger partial charge on any atom is -0.497 e. The number of fused-ring (bicyclic) bond motifs is 1. The molecule has 4 nitrogen and oxygen atoms in total. The third-order valence-corrected chi connectivity index (χ3v) is 5.58. The first kappa shape index (κ1) is 18.2. The van der Waals surface area contributed by atoms with E-state index < -0.39 is 6.10 Å². The maximum Gasteiger partial charge on any atom is 0.119 e. The number of rotatable bonds is 7. The van der Waals surface area contributed by atoms with Crippen LogP contribution in [0.5, 0.6) is 5.75 Å². The molecule has 1 aromatic carbocycles. The first-order valence-electron chi connectivity index (χ1n) is 9.54. The summed E-state index contributed by atoms with van der Waals surface area (Å²) >= 11 is 0. The van der Waals surface area contributed by atoms with Gasteiger partial charge in [-0.2, -0.15) is 0 Å². The Morgan fingerprint density at radius 3 is 2.96 bits per heavy atom. The van der Waals surface area contributed by atoms with Gasteiger partial charge in [-0.1, -0.05) is 13.3 Å². The zero-order chi connectivity index (χ0) is 17.6. The number of aliphatic hydroxyl groups is 1. The van der Waals surface area contributed by atoms with E-state index in [1.54, 1.807) is 13.3 Å². The Morgan fingerprint density at radius 2 is 2.16 bits per heavy atom. The summed E-state index contributed by atoms with van der Waals surface area (Å²) in [7, 11) is 1.67. The molecular weight excluding hydrogens is 312 g/mol. The van der Waals surface area contributed by atoms with Gasteiger partial charge in [0, 0.05) is 11.6 Å². The van der Waals surface area contributed by atoms with Crippen LogP contribution in [0.25, 0.3) is 10.9 Å². The van der Waals surface area contributed by atoms with Crippen molar-refractivity contribution in [3.8, 4) is 5.75 Å². The molecule has 4 heteroatoms. The lowest BCUT2D eigenvalue weighted by Gasteiger charge is -2.32. The van der Waals surface area contributed by atoms with Crippen LogP contribution in [0.2, 0.25) is 0 Å². The van der Waals surface area contributed by atoms with E-state index >= 15 is 0 Å². The van der Waals surface area contributed by atoms with Gasteiger partial charge in [-0.25, -0.2) is 0 Å². The molecule has 3 unspecified atom stereocenters. The van der Waals surface area contributed by atoms with Gasteiger partial charge in [0.2, 0.25) is 0 Å². The summed E-state index contributed by atoms with van der Waals surface area (Å²) in [6.07, 6.45) is 6.97. The second-order valence-corrected chi connectivity index (χ2v) is 7.18. The molecule has 1 saturated heterocycles. The van der Waals surface area contributed by atoms with E-state index in [2.05, 4.69) is 17.2 Å². The van der Waals surface area contributed by atoms with Crippen LogP contribution in [0.1, 0.15) is 50.7 Å². The van der Waals surface area contributed by atoms with E-state index in [1.807, 2.05) is 24.3 Å². The molecule has 0 bridgehead atoms. The predicted octanol–water partition coefficient (Wildman–Crippen LogP) is 4.08. The van der Waals surface area contributed by atoms with Crippen LogP contribution in [0.3, 0.4) is 0 Å². The van der Waals surface area contributed by atoms with Gasteiger partial charge in [0.1, 0.15) is 5.75 Å². The SMILES string of the molecule is CCCC1CNCCC1CCC(O)c1ccnc2ccc(OC)cc12. The van der Waals surface area contributed by atoms with Crippen molar-refractivity contribution < 1.29 is 9.84 Å². The quantitative estimate of drug-likeness (QED) is 0.796. The van der Waals surface area contributed by atoms with Gasteiger partial charge >= 0.3 is 0 Å². The van der Waals surface area contributed by atoms with Crippen molar-refractivity contribution in [3.63, 3.8) is 0 Å². The average Bonchev–Trinajstić information content (AvgIpc) is 2.66. The monoisotopic (exact) mass is 342 g/mol. The number of nitrogens with one attached hydrogen (secondary N) is 1. The van der Waals surface area contributed by atoms with E-state index in [0.717, 1.165) is 60.0 Å². The van der Waals surface area contributed by atoms with E-state index in [4.69, 9.17) is 4.74 Å². The fourth-order valence-corrected chi connectivity index (χ4v) is 4.16. The second-order valence-electron chi connectivity index (χ2n) is 7.18. The number of ether oxygens (including phenoxy) is 1. The van der Waals surface area contributed by atoms with Crippen molar-refractivity contribution in [1.82, 2.24) is 10.3 Å². The summed E-state index contributed by atoms with van der Waals surface area (Å²) in [5, 5.41) is 15.4. The van der Waals surface area contributed by atoms with Gasteiger partial charge in [0.15, 0.2) is 0 Å². The lowest BCUT2D eigenvalue weighted by molar-refractivity contribution is 0.138. The minimum atomic E-state index is -0.449. The Morgan fingerprint density at radius 1 is 1.28 bits per heavy atom. The molecule has 0 amide bonds. The standard InChI is InChI=1S/C21H30N2O2/c1-3-4-16-14-22-11-9-15(16)5-8-21(24)18-10-12-23-20-7-6-17(25-2)13-19(18)20/h6-7,10,12-13,15-16,21-22,24H,3-5,8-9,11,14H2,1-2H3. The van der Waals surface area contributed by atoms with E-state index in [-0.39, 0.29) is 0 Å². The number of hydrogen-bond donors (Lipinski definition) is 2. The molecule has 0 saturated carbocycles. The van der Waals surface area contributed by atoms with Crippen molar-refractivity contribution in [2.75, 3.05) is 20.2 Å². The Kier molecular flexibility index (Phi) is 6.27. The molecular formula is C21H30N2O2. The maximum atomic E-state index is 10.8. The Bertz CT molecular complexity index is 687. The first-order valence-corrected chi connectivity index (χ1v) is 9.54. The highest BCUT2D eigenvalue weighted by molar-refractivity contribution is 5.83. The van der Waals surface area contributed by atoms with Gasteiger partial charge < -0.3 is 15.2 Å². The van der Waals surface area contributed by atoms with Crippen LogP contribution in [-0.4, -0.2) is 30.3 Å². The van der Waals surface area contributed by atoms with Gasteiger partial charge in [-0.15, -0.1) is 0 Å². The van der Waals surface area contributed by atoms with Crippen molar-refractivity contribution in [3.05, 3.63) is 36.0 Å². The van der Waals surface area contributed by atoms with Gasteiger partial charge in [-0.05, 0) is 80.4 Å². The van der Waals surface area contributed by atoms with Crippen molar-refractivity contribution in [2.24, 2.45) is 11.8 Å². The second kappa shape index (κ2) is 8.63. The fourth-order valence-electron chi connectivity index (χ4n) is 4.16. The molecule has 1 fully saturated rings. The third-order valence-electron chi connectivity index (χ3n) is 5.58. The molecule has 0 radical (unpaired) electrons. The molecule has 2 aromatic rings. The van der Waals surface area contributed by atoms with Crippen LogP contribution in [0.4, 0.5) is 0 Å². The van der Waals surface area contributed by atoms with E-state index in [0.29, 0.717) is 0 Å².